The minimum atomic E-state index is -0.209. The van der Waals surface area contributed by atoms with Crippen LogP contribution < -0.4 is 10.6 Å². The van der Waals surface area contributed by atoms with E-state index in [1.165, 1.54) is 0 Å². The largest absolute Gasteiger partial charge is 0.497 e. The van der Waals surface area contributed by atoms with Crippen LogP contribution in [-0.4, -0.2) is 49.1 Å². The van der Waals surface area contributed by atoms with Gasteiger partial charge in [0.15, 0.2) is 0 Å². The van der Waals surface area contributed by atoms with Crippen LogP contribution in [0.25, 0.3) is 0 Å². The van der Waals surface area contributed by atoms with Crippen LogP contribution in [0.4, 0.5) is 5.82 Å². The van der Waals surface area contributed by atoms with E-state index >= 15 is 0 Å². The molecule has 0 unspecified atom stereocenters. The van der Waals surface area contributed by atoms with Crippen molar-refractivity contribution in [1.82, 2.24) is 15.2 Å². The fraction of sp³-hybridized carbons (Fsp3) is 0.455. The number of allylic oxidation sites excluding steroid dienone is 4. The normalized spacial score (nSPS) is 12.0. The lowest BCUT2D eigenvalue weighted by atomic mass is 10.2. The third-order valence-corrected chi connectivity index (χ3v) is 4.17. The van der Waals surface area contributed by atoms with Gasteiger partial charge in [0, 0.05) is 18.4 Å². The van der Waals surface area contributed by atoms with Crippen LogP contribution in [0.15, 0.2) is 54.6 Å². The third kappa shape index (κ3) is 8.39. The van der Waals surface area contributed by atoms with Crippen molar-refractivity contribution in [2.45, 2.75) is 33.6 Å². The molecule has 0 radical (unpaired) electrons. The van der Waals surface area contributed by atoms with Crippen molar-refractivity contribution in [3.63, 3.8) is 0 Å². The highest BCUT2D eigenvalue weighted by molar-refractivity contribution is 5.99. The summed E-state index contributed by atoms with van der Waals surface area (Å²) in [6.45, 7) is 13.8. The summed E-state index contributed by atoms with van der Waals surface area (Å²) in [5, 5.41) is 6.17. The molecule has 28 heavy (non-hydrogen) atoms. The first-order valence-corrected chi connectivity index (χ1v) is 9.83. The molecule has 0 aliphatic carbocycles. The smallest absolute Gasteiger partial charge is 0.259 e. The number of carbonyl (C=O) groups is 1. The van der Waals surface area contributed by atoms with E-state index in [1.807, 2.05) is 6.92 Å². The van der Waals surface area contributed by atoms with Gasteiger partial charge in [-0.1, -0.05) is 26.5 Å². The number of hydrogen-bond donors (Lipinski definition) is 2. The van der Waals surface area contributed by atoms with Crippen molar-refractivity contribution in [3.8, 4) is 0 Å². The summed E-state index contributed by atoms with van der Waals surface area (Å²) >= 11 is 0. The molecule has 0 spiro atoms. The van der Waals surface area contributed by atoms with Gasteiger partial charge >= 0.3 is 0 Å². The van der Waals surface area contributed by atoms with Crippen LogP contribution in [0, 0.1) is 0 Å². The number of pyridine rings is 1. The number of hydrogen-bond acceptors (Lipinski definition) is 5. The molecule has 0 saturated heterocycles. The molecule has 1 aromatic rings. The van der Waals surface area contributed by atoms with E-state index in [0.29, 0.717) is 22.8 Å². The summed E-state index contributed by atoms with van der Waals surface area (Å²) in [6.07, 6.45) is 8.95. The van der Waals surface area contributed by atoms with Crippen molar-refractivity contribution >= 4 is 11.7 Å². The summed E-state index contributed by atoms with van der Waals surface area (Å²) < 4.78 is 5.22. The van der Waals surface area contributed by atoms with Gasteiger partial charge in [0.2, 0.25) is 0 Å². The molecular weight excluding hydrogens is 352 g/mol. The maximum Gasteiger partial charge on any atom is 0.259 e. The quantitative estimate of drug-likeness (QED) is 0.305. The number of aromatic nitrogens is 1. The van der Waals surface area contributed by atoms with Crippen LogP contribution in [-0.2, 0) is 4.74 Å². The van der Waals surface area contributed by atoms with Crippen LogP contribution in [0.5, 0.6) is 0 Å². The van der Waals surface area contributed by atoms with Crippen molar-refractivity contribution in [2.24, 2.45) is 0 Å². The molecule has 1 aromatic heterocycles. The number of nitrogens with zero attached hydrogens (tertiary/aromatic N) is 2. The van der Waals surface area contributed by atoms with E-state index in [4.69, 9.17) is 4.74 Å². The Bertz CT molecular complexity index is 683. The standard InChI is InChI=1S/C22H34N4O2/c1-6-11-19(28-5)17-18(4)25-22(27)20-12-9-13-23-21(20)24-14-10-16-26(8-3)15-7-2/h6,9,11-13,17H,1,7-8,10,14-16H2,2-5H3,(H,23,24)(H,25,27)/b18-17+,19-11+. The van der Waals surface area contributed by atoms with Crippen molar-refractivity contribution in [2.75, 3.05) is 38.6 Å². The predicted octanol–water partition coefficient (Wildman–Crippen LogP) is 3.97. The number of amides is 1. The second-order valence-electron chi connectivity index (χ2n) is 6.40. The Labute approximate surface area is 169 Å². The zero-order valence-electron chi connectivity index (χ0n) is 17.6. The number of ether oxygens (including phenoxy) is 1. The second-order valence-corrected chi connectivity index (χ2v) is 6.40. The van der Waals surface area contributed by atoms with Gasteiger partial charge in [-0.25, -0.2) is 4.98 Å². The SMILES string of the molecule is C=C/C=C(\C=C(/C)NC(=O)c1cccnc1NCCCN(CC)CCC)OC. The highest BCUT2D eigenvalue weighted by Crippen LogP contribution is 2.12. The molecule has 0 saturated carbocycles. The summed E-state index contributed by atoms with van der Waals surface area (Å²) in [4.78, 5) is 19.4. The first-order valence-electron chi connectivity index (χ1n) is 9.83. The van der Waals surface area contributed by atoms with E-state index in [2.05, 4.69) is 40.9 Å². The van der Waals surface area contributed by atoms with Crippen molar-refractivity contribution in [1.29, 1.82) is 0 Å². The van der Waals surface area contributed by atoms with Gasteiger partial charge in [-0.3, -0.25) is 4.79 Å². The van der Waals surface area contributed by atoms with E-state index in [-0.39, 0.29) is 5.91 Å². The van der Waals surface area contributed by atoms with E-state index < -0.39 is 0 Å². The summed E-state index contributed by atoms with van der Waals surface area (Å²) in [5.74, 6) is 1.00. The first kappa shape index (κ1) is 23.4. The Morgan fingerprint density at radius 1 is 1.36 bits per heavy atom. The summed E-state index contributed by atoms with van der Waals surface area (Å²) in [5.41, 5.74) is 1.19. The predicted molar refractivity (Wildman–Crippen MR) is 116 cm³/mol. The fourth-order valence-corrected chi connectivity index (χ4v) is 2.77. The number of methoxy groups -OCH3 is 1. The number of rotatable bonds is 13. The Kier molecular flexibility index (Phi) is 11.3. The van der Waals surface area contributed by atoms with Gasteiger partial charge in [-0.05, 0) is 63.7 Å². The topological polar surface area (TPSA) is 66.5 Å². The number of anilines is 1. The first-order chi connectivity index (χ1) is 13.5. The lowest BCUT2D eigenvalue weighted by molar-refractivity contribution is 0.0966. The minimum absolute atomic E-state index is 0.209. The maximum atomic E-state index is 12.7. The highest BCUT2D eigenvalue weighted by Gasteiger charge is 2.12. The lowest BCUT2D eigenvalue weighted by Crippen LogP contribution is -2.27. The number of nitrogens with one attached hydrogen (secondary N) is 2. The Morgan fingerprint density at radius 3 is 2.79 bits per heavy atom. The molecule has 0 atom stereocenters. The van der Waals surface area contributed by atoms with Gasteiger partial charge in [0.25, 0.3) is 5.91 Å². The zero-order valence-corrected chi connectivity index (χ0v) is 17.6. The van der Waals surface area contributed by atoms with E-state index in [9.17, 15) is 4.79 Å². The molecule has 0 aromatic carbocycles. The molecule has 0 fully saturated rings. The summed E-state index contributed by atoms with van der Waals surface area (Å²) in [6, 6.07) is 3.53. The monoisotopic (exact) mass is 386 g/mol. The molecular formula is C22H34N4O2. The van der Waals surface area contributed by atoms with E-state index in [0.717, 1.165) is 39.0 Å². The third-order valence-electron chi connectivity index (χ3n) is 4.17. The Morgan fingerprint density at radius 2 is 2.14 bits per heavy atom. The molecule has 2 N–H and O–H groups in total. The molecule has 0 aliphatic rings. The Balaban J connectivity index is 2.69. The van der Waals surface area contributed by atoms with Gasteiger partial charge < -0.3 is 20.3 Å². The van der Waals surface area contributed by atoms with Gasteiger partial charge in [-0.15, -0.1) is 0 Å². The molecule has 154 valence electrons. The lowest BCUT2D eigenvalue weighted by Gasteiger charge is -2.19. The fourth-order valence-electron chi connectivity index (χ4n) is 2.77. The average Bonchev–Trinajstić information content (AvgIpc) is 2.70. The minimum Gasteiger partial charge on any atom is -0.497 e. The molecule has 1 rings (SSSR count). The zero-order chi connectivity index (χ0) is 20.8. The Hall–Kier alpha value is -2.60. The van der Waals surface area contributed by atoms with Crippen molar-refractivity contribution < 1.29 is 9.53 Å². The highest BCUT2D eigenvalue weighted by atomic mass is 16.5. The molecule has 1 heterocycles. The molecule has 0 bridgehead atoms. The molecule has 6 heteroatoms. The van der Waals surface area contributed by atoms with E-state index in [1.54, 1.807) is 43.7 Å². The average molecular weight is 387 g/mol. The van der Waals surface area contributed by atoms with Crippen LogP contribution in [0.1, 0.15) is 44.0 Å². The van der Waals surface area contributed by atoms with Crippen molar-refractivity contribution in [3.05, 3.63) is 60.2 Å². The summed E-state index contributed by atoms with van der Waals surface area (Å²) in [7, 11) is 1.57. The van der Waals surface area contributed by atoms with Gasteiger partial charge in [0.1, 0.15) is 11.6 Å². The molecule has 0 aliphatic heterocycles. The van der Waals surface area contributed by atoms with Crippen LogP contribution >= 0.6 is 0 Å². The van der Waals surface area contributed by atoms with Gasteiger partial charge in [0.05, 0.1) is 12.7 Å². The maximum absolute atomic E-state index is 12.7. The second kappa shape index (κ2) is 13.6. The van der Waals surface area contributed by atoms with Gasteiger partial charge in [-0.2, -0.15) is 0 Å². The van der Waals surface area contributed by atoms with Crippen LogP contribution in [0.2, 0.25) is 0 Å². The number of carbonyl (C=O) groups excluding carboxylic acids is 1. The van der Waals surface area contributed by atoms with Crippen LogP contribution in [0.3, 0.4) is 0 Å². The molecule has 6 nitrogen and oxygen atoms in total. The molecule has 1 amide bonds.